The van der Waals surface area contributed by atoms with Gasteiger partial charge in [-0.25, -0.2) is 0 Å². The summed E-state index contributed by atoms with van der Waals surface area (Å²) >= 11 is 4.69. The summed E-state index contributed by atoms with van der Waals surface area (Å²) in [6.07, 6.45) is 3.76. The third-order valence-electron chi connectivity index (χ3n) is 1.26. The number of unbranched alkanes of at least 4 members (excludes halogenated alkanes) is 2. The van der Waals surface area contributed by atoms with Crippen LogP contribution in [0, 0.1) is 0 Å². The van der Waals surface area contributed by atoms with Crippen molar-refractivity contribution in [1.29, 1.82) is 0 Å². The summed E-state index contributed by atoms with van der Waals surface area (Å²) in [5, 5.41) is 3.15. The van der Waals surface area contributed by atoms with Gasteiger partial charge in [-0.15, -0.1) is 0 Å². The molecule has 0 fully saturated rings. The highest BCUT2D eigenvalue weighted by molar-refractivity contribution is 7.80. The number of hydrogen-bond acceptors (Lipinski definition) is 2. The Balaban J connectivity index is 2.84. The van der Waals surface area contributed by atoms with E-state index in [1.165, 1.54) is 19.3 Å². The third kappa shape index (κ3) is 7.85. The van der Waals surface area contributed by atoms with Gasteiger partial charge in [0.1, 0.15) is 0 Å². The Morgan fingerprint density at radius 3 is 2.70 bits per heavy atom. The van der Waals surface area contributed by atoms with E-state index in [0.717, 1.165) is 6.54 Å². The van der Waals surface area contributed by atoms with E-state index < -0.39 is 0 Å². The highest BCUT2D eigenvalue weighted by Crippen LogP contribution is 1.90. The molecule has 0 bridgehead atoms. The smallest absolute Gasteiger partial charge is 0.0867 e. The lowest BCUT2D eigenvalue weighted by atomic mass is 10.2. The first kappa shape index (κ1) is 9.85. The molecular formula is C7H16N2S. The number of nitrogens with two attached hydrogens (primary N) is 1. The Labute approximate surface area is 68.2 Å². The molecule has 0 radical (unpaired) electrons. The average Bonchev–Trinajstić information content (AvgIpc) is 1.87. The van der Waals surface area contributed by atoms with Crippen LogP contribution in [0.4, 0.5) is 0 Å². The van der Waals surface area contributed by atoms with Gasteiger partial charge in [-0.3, -0.25) is 0 Å². The summed E-state index contributed by atoms with van der Waals surface area (Å²) in [6.45, 7) is 3.90. The summed E-state index contributed by atoms with van der Waals surface area (Å²) in [4.78, 5) is 0.552. The molecule has 0 aromatic rings. The van der Waals surface area contributed by atoms with Crippen molar-refractivity contribution in [3.63, 3.8) is 0 Å². The van der Waals surface area contributed by atoms with Crippen molar-refractivity contribution in [2.75, 3.05) is 13.1 Å². The molecule has 0 saturated heterocycles. The van der Waals surface area contributed by atoms with Gasteiger partial charge in [0.05, 0.1) is 4.99 Å². The van der Waals surface area contributed by atoms with Gasteiger partial charge in [-0.2, -0.15) is 0 Å². The largest absolute Gasteiger partial charge is 0.392 e. The molecule has 3 heteroatoms. The third-order valence-corrected chi connectivity index (χ3v) is 1.40. The van der Waals surface area contributed by atoms with Crippen LogP contribution in [0.15, 0.2) is 0 Å². The SMILES string of the molecule is CCCCCNCC(N)=S. The van der Waals surface area contributed by atoms with Crippen molar-refractivity contribution in [3.05, 3.63) is 0 Å². The Hall–Kier alpha value is -0.150. The lowest BCUT2D eigenvalue weighted by molar-refractivity contribution is 0.653. The van der Waals surface area contributed by atoms with E-state index >= 15 is 0 Å². The minimum absolute atomic E-state index is 0.552. The van der Waals surface area contributed by atoms with Gasteiger partial charge in [0, 0.05) is 6.54 Å². The Kier molecular flexibility index (Phi) is 6.86. The minimum Gasteiger partial charge on any atom is -0.392 e. The monoisotopic (exact) mass is 160 g/mol. The second-order valence-electron chi connectivity index (χ2n) is 2.35. The number of thiocarbonyl (C=S) groups is 1. The average molecular weight is 160 g/mol. The van der Waals surface area contributed by atoms with E-state index in [1.807, 2.05) is 0 Å². The Morgan fingerprint density at radius 2 is 2.20 bits per heavy atom. The van der Waals surface area contributed by atoms with Crippen molar-refractivity contribution in [1.82, 2.24) is 5.32 Å². The molecular weight excluding hydrogens is 144 g/mol. The first-order chi connectivity index (χ1) is 4.77. The predicted octanol–water partition coefficient (Wildman–Crippen LogP) is 1.05. The molecule has 0 aromatic heterocycles. The van der Waals surface area contributed by atoms with Crippen molar-refractivity contribution < 1.29 is 0 Å². The molecule has 3 N–H and O–H groups in total. The van der Waals surface area contributed by atoms with E-state index in [2.05, 4.69) is 24.5 Å². The fourth-order valence-electron chi connectivity index (χ4n) is 0.712. The molecule has 0 amide bonds. The molecule has 0 rings (SSSR count). The van der Waals surface area contributed by atoms with Crippen molar-refractivity contribution in [2.45, 2.75) is 26.2 Å². The Morgan fingerprint density at radius 1 is 1.50 bits per heavy atom. The quantitative estimate of drug-likeness (QED) is 0.450. The second-order valence-corrected chi connectivity index (χ2v) is 2.87. The van der Waals surface area contributed by atoms with Crippen molar-refractivity contribution in [2.24, 2.45) is 5.73 Å². The number of nitrogens with one attached hydrogen (secondary N) is 1. The molecule has 0 aliphatic carbocycles. The maximum Gasteiger partial charge on any atom is 0.0867 e. The van der Waals surface area contributed by atoms with Crippen LogP contribution in [0.5, 0.6) is 0 Å². The van der Waals surface area contributed by atoms with Gasteiger partial charge < -0.3 is 11.1 Å². The fourth-order valence-corrected chi connectivity index (χ4v) is 0.814. The summed E-state index contributed by atoms with van der Waals surface area (Å²) in [5.41, 5.74) is 5.28. The molecule has 0 aliphatic rings. The maximum atomic E-state index is 5.28. The van der Waals surface area contributed by atoms with E-state index in [-0.39, 0.29) is 0 Å². The van der Waals surface area contributed by atoms with Crippen LogP contribution in [0.3, 0.4) is 0 Å². The highest BCUT2D eigenvalue weighted by Gasteiger charge is 1.87. The van der Waals surface area contributed by atoms with Crippen LogP contribution in [0.1, 0.15) is 26.2 Å². The van der Waals surface area contributed by atoms with Gasteiger partial charge in [0.25, 0.3) is 0 Å². The minimum atomic E-state index is 0.552. The van der Waals surface area contributed by atoms with Crippen LogP contribution in [0.25, 0.3) is 0 Å². The molecule has 10 heavy (non-hydrogen) atoms. The van der Waals surface area contributed by atoms with Crippen LogP contribution < -0.4 is 11.1 Å². The summed E-state index contributed by atoms with van der Waals surface area (Å²) in [5.74, 6) is 0. The van der Waals surface area contributed by atoms with Gasteiger partial charge in [-0.05, 0) is 13.0 Å². The van der Waals surface area contributed by atoms with Crippen molar-refractivity contribution >= 4 is 17.2 Å². The van der Waals surface area contributed by atoms with Gasteiger partial charge in [0.2, 0.25) is 0 Å². The summed E-state index contributed by atoms with van der Waals surface area (Å²) < 4.78 is 0. The molecule has 0 unspecified atom stereocenters. The molecule has 0 aromatic carbocycles. The van der Waals surface area contributed by atoms with E-state index in [4.69, 9.17) is 5.73 Å². The van der Waals surface area contributed by atoms with Crippen LogP contribution in [-0.2, 0) is 0 Å². The number of rotatable bonds is 6. The van der Waals surface area contributed by atoms with Crippen LogP contribution in [-0.4, -0.2) is 18.1 Å². The maximum absolute atomic E-state index is 5.28. The number of hydrogen-bond donors (Lipinski definition) is 2. The predicted molar refractivity (Wildman–Crippen MR) is 49.2 cm³/mol. The van der Waals surface area contributed by atoms with E-state index in [9.17, 15) is 0 Å². The lowest BCUT2D eigenvalue weighted by Gasteiger charge is -2.00. The summed E-state index contributed by atoms with van der Waals surface area (Å²) in [7, 11) is 0. The first-order valence-corrected chi connectivity index (χ1v) is 4.17. The summed E-state index contributed by atoms with van der Waals surface area (Å²) in [6, 6.07) is 0. The zero-order valence-electron chi connectivity index (χ0n) is 6.52. The molecule has 60 valence electrons. The molecule has 0 spiro atoms. The van der Waals surface area contributed by atoms with Gasteiger partial charge >= 0.3 is 0 Å². The topological polar surface area (TPSA) is 38.0 Å². The van der Waals surface area contributed by atoms with Crippen LogP contribution >= 0.6 is 12.2 Å². The first-order valence-electron chi connectivity index (χ1n) is 3.76. The molecule has 0 aliphatic heterocycles. The lowest BCUT2D eigenvalue weighted by Crippen LogP contribution is -2.27. The molecule has 2 nitrogen and oxygen atoms in total. The van der Waals surface area contributed by atoms with E-state index in [0.29, 0.717) is 11.5 Å². The zero-order chi connectivity index (χ0) is 7.82. The zero-order valence-corrected chi connectivity index (χ0v) is 7.34. The van der Waals surface area contributed by atoms with Gasteiger partial charge in [-0.1, -0.05) is 32.0 Å². The highest BCUT2D eigenvalue weighted by atomic mass is 32.1. The van der Waals surface area contributed by atoms with Crippen molar-refractivity contribution in [3.8, 4) is 0 Å². The fraction of sp³-hybridized carbons (Fsp3) is 0.857. The standard InChI is InChI=1S/C7H16N2S/c1-2-3-4-5-9-6-7(8)10/h9H,2-6H2,1H3,(H2,8,10). The Bertz CT molecular complexity index is 93.6. The second kappa shape index (κ2) is 6.96. The normalized spacial score (nSPS) is 9.70. The van der Waals surface area contributed by atoms with E-state index in [1.54, 1.807) is 0 Å². The van der Waals surface area contributed by atoms with Crippen LogP contribution in [0.2, 0.25) is 0 Å². The molecule has 0 heterocycles. The molecule has 0 saturated carbocycles. The molecule has 0 atom stereocenters. The van der Waals surface area contributed by atoms with Gasteiger partial charge in [0.15, 0.2) is 0 Å².